The van der Waals surface area contributed by atoms with Crippen molar-refractivity contribution in [2.75, 3.05) is 6.54 Å². The highest BCUT2D eigenvalue weighted by Gasteiger charge is 2.15. The molecular weight excluding hydrogens is 270 g/mol. The van der Waals surface area contributed by atoms with E-state index in [0.717, 1.165) is 19.5 Å². The minimum atomic E-state index is -1.16. The maximum absolute atomic E-state index is 3.54. The van der Waals surface area contributed by atoms with E-state index in [1.54, 1.807) is 0 Å². The summed E-state index contributed by atoms with van der Waals surface area (Å²) in [5.41, 5.74) is 2.82. The summed E-state index contributed by atoms with van der Waals surface area (Å²) < 4.78 is 0. The summed E-state index contributed by atoms with van der Waals surface area (Å²) >= 11 is 0. The molecule has 0 aliphatic carbocycles. The molecule has 0 amide bonds. The van der Waals surface area contributed by atoms with Crippen LogP contribution in [0.25, 0.3) is 0 Å². The Labute approximate surface area is 130 Å². The molecule has 0 saturated carbocycles. The highest BCUT2D eigenvalue weighted by atomic mass is 28.3. The summed E-state index contributed by atoms with van der Waals surface area (Å²) in [5.74, 6) is 0. The van der Waals surface area contributed by atoms with Crippen LogP contribution in [0.4, 0.5) is 0 Å². The SMILES string of the molecule is C[Si](C)(C)c1ccc(CNCCCc2ccccc2)cc1. The summed E-state index contributed by atoms with van der Waals surface area (Å²) in [6.45, 7) is 9.23. The zero-order valence-corrected chi connectivity index (χ0v) is 14.5. The van der Waals surface area contributed by atoms with Crippen LogP contribution < -0.4 is 10.5 Å². The van der Waals surface area contributed by atoms with Crippen molar-refractivity contribution in [1.82, 2.24) is 5.32 Å². The molecule has 2 aromatic rings. The van der Waals surface area contributed by atoms with E-state index < -0.39 is 8.07 Å². The second-order valence-electron chi connectivity index (χ2n) is 6.71. The third kappa shape index (κ3) is 5.48. The second kappa shape index (κ2) is 7.58. The van der Waals surface area contributed by atoms with Gasteiger partial charge in [-0.05, 0) is 30.5 Å². The van der Waals surface area contributed by atoms with Gasteiger partial charge >= 0.3 is 0 Å². The summed E-state index contributed by atoms with van der Waals surface area (Å²) in [6, 6.07) is 19.9. The maximum atomic E-state index is 3.54. The van der Waals surface area contributed by atoms with E-state index in [9.17, 15) is 0 Å². The predicted molar refractivity (Wildman–Crippen MR) is 95.9 cm³/mol. The molecule has 0 spiro atoms. The molecule has 2 aromatic carbocycles. The number of rotatable bonds is 7. The van der Waals surface area contributed by atoms with Crippen molar-refractivity contribution >= 4 is 13.3 Å². The van der Waals surface area contributed by atoms with Crippen LogP contribution in [0.15, 0.2) is 54.6 Å². The van der Waals surface area contributed by atoms with Crippen molar-refractivity contribution < 1.29 is 0 Å². The van der Waals surface area contributed by atoms with Crippen LogP contribution in [0, 0.1) is 0 Å². The molecule has 0 aromatic heterocycles. The Morgan fingerprint density at radius 3 is 2.10 bits per heavy atom. The fraction of sp³-hybridized carbons (Fsp3) is 0.368. The fourth-order valence-corrected chi connectivity index (χ4v) is 3.58. The van der Waals surface area contributed by atoms with Gasteiger partial charge in [0.1, 0.15) is 0 Å². The van der Waals surface area contributed by atoms with Gasteiger partial charge < -0.3 is 5.32 Å². The minimum Gasteiger partial charge on any atom is -0.313 e. The lowest BCUT2D eigenvalue weighted by Gasteiger charge is -2.16. The Kier molecular flexibility index (Phi) is 5.77. The summed E-state index contributed by atoms with van der Waals surface area (Å²) in [4.78, 5) is 0. The average molecular weight is 298 g/mol. The Balaban J connectivity index is 1.69. The van der Waals surface area contributed by atoms with Crippen molar-refractivity contribution in [2.45, 2.75) is 39.0 Å². The van der Waals surface area contributed by atoms with Crippen molar-refractivity contribution in [2.24, 2.45) is 0 Å². The summed E-state index contributed by atoms with van der Waals surface area (Å²) in [5, 5.41) is 5.08. The topological polar surface area (TPSA) is 12.0 Å². The van der Waals surface area contributed by atoms with E-state index in [4.69, 9.17) is 0 Å². The molecule has 0 aliphatic heterocycles. The third-order valence-corrected chi connectivity index (χ3v) is 5.88. The molecule has 0 atom stereocenters. The van der Waals surface area contributed by atoms with Crippen LogP contribution in [-0.2, 0) is 13.0 Å². The molecule has 2 heteroatoms. The van der Waals surface area contributed by atoms with E-state index in [0.29, 0.717) is 0 Å². The molecule has 0 unspecified atom stereocenters. The lowest BCUT2D eigenvalue weighted by Crippen LogP contribution is -2.37. The molecule has 0 bridgehead atoms. The van der Waals surface area contributed by atoms with Gasteiger partial charge in [0.15, 0.2) is 0 Å². The van der Waals surface area contributed by atoms with Crippen molar-refractivity contribution in [1.29, 1.82) is 0 Å². The van der Waals surface area contributed by atoms with Gasteiger partial charge in [-0.1, -0.05) is 79.4 Å². The normalized spacial score (nSPS) is 11.6. The van der Waals surface area contributed by atoms with Gasteiger partial charge in [0.25, 0.3) is 0 Å². The number of benzene rings is 2. The van der Waals surface area contributed by atoms with E-state index in [2.05, 4.69) is 79.6 Å². The van der Waals surface area contributed by atoms with Gasteiger partial charge in [0, 0.05) is 6.54 Å². The van der Waals surface area contributed by atoms with Crippen LogP contribution in [0.5, 0.6) is 0 Å². The maximum Gasteiger partial charge on any atom is 0.0775 e. The smallest absolute Gasteiger partial charge is 0.0775 e. The van der Waals surface area contributed by atoms with Crippen LogP contribution >= 0.6 is 0 Å². The van der Waals surface area contributed by atoms with Gasteiger partial charge in [-0.2, -0.15) is 0 Å². The summed E-state index contributed by atoms with van der Waals surface area (Å²) in [7, 11) is -1.16. The summed E-state index contributed by atoms with van der Waals surface area (Å²) in [6.07, 6.45) is 2.35. The first-order valence-electron chi connectivity index (χ1n) is 7.90. The number of hydrogen-bond donors (Lipinski definition) is 1. The highest BCUT2D eigenvalue weighted by Crippen LogP contribution is 2.05. The molecule has 2 rings (SSSR count). The first-order valence-corrected chi connectivity index (χ1v) is 11.4. The van der Waals surface area contributed by atoms with E-state index in [1.165, 1.54) is 22.7 Å². The standard InChI is InChI=1S/C19H27NSi/c1-21(2,3)19-13-11-18(12-14-19)16-20-15-7-10-17-8-5-4-6-9-17/h4-6,8-9,11-14,20H,7,10,15-16H2,1-3H3. The predicted octanol–water partition coefficient (Wildman–Crippen LogP) is 3.95. The molecular formula is C19H27NSi. The Morgan fingerprint density at radius 1 is 0.810 bits per heavy atom. The third-order valence-electron chi connectivity index (χ3n) is 3.81. The quantitative estimate of drug-likeness (QED) is 0.602. The van der Waals surface area contributed by atoms with E-state index in [1.807, 2.05) is 0 Å². The number of hydrogen-bond acceptors (Lipinski definition) is 1. The monoisotopic (exact) mass is 297 g/mol. The number of aryl methyl sites for hydroxylation is 1. The van der Waals surface area contributed by atoms with Crippen LogP contribution in [-0.4, -0.2) is 14.6 Å². The molecule has 21 heavy (non-hydrogen) atoms. The lowest BCUT2D eigenvalue weighted by molar-refractivity contribution is 0.649. The van der Waals surface area contributed by atoms with Crippen LogP contribution in [0.1, 0.15) is 17.5 Å². The molecule has 1 nitrogen and oxygen atoms in total. The zero-order valence-electron chi connectivity index (χ0n) is 13.5. The van der Waals surface area contributed by atoms with E-state index >= 15 is 0 Å². The molecule has 0 aliphatic rings. The van der Waals surface area contributed by atoms with Crippen molar-refractivity contribution in [3.05, 3.63) is 65.7 Å². The molecule has 0 heterocycles. The van der Waals surface area contributed by atoms with Gasteiger partial charge in [-0.3, -0.25) is 0 Å². The minimum absolute atomic E-state index is 0.973. The van der Waals surface area contributed by atoms with Crippen molar-refractivity contribution in [3.63, 3.8) is 0 Å². The number of nitrogens with one attached hydrogen (secondary N) is 1. The Hall–Kier alpha value is -1.38. The average Bonchev–Trinajstić information content (AvgIpc) is 2.47. The molecule has 0 fully saturated rings. The zero-order chi connectivity index (χ0) is 15.1. The van der Waals surface area contributed by atoms with Gasteiger partial charge in [0.2, 0.25) is 0 Å². The van der Waals surface area contributed by atoms with Gasteiger partial charge in [-0.15, -0.1) is 0 Å². The van der Waals surface area contributed by atoms with Crippen molar-refractivity contribution in [3.8, 4) is 0 Å². The fourth-order valence-electron chi connectivity index (χ4n) is 2.42. The molecule has 0 saturated heterocycles. The van der Waals surface area contributed by atoms with Gasteiger partial charge in [0.05, 0.1) is 8.07 Å². The lowest BCUT2D eigenvalue weighted by atomic mass is 10.1. The van der Waals surface area contributed by atoms with E-state index in [-0.39, 0.29) is 0 Å². The Morgan fingerprint density at radius 2 is 1.48 bits per heavy atom. The first kappa shape index (κ1) is 16.0. The van der Waals surface area contributed by atoms with Crippen LogP contribution in [0.3, 0.4) is 0 Å². The molecule has 0 radical (unpaired) electrons. The van der Waals surface area contributed by atoms with Crippen LogP contribution in [0.2, 0.25) is 19.6 Å². The van der Waals surface area contributed by atoms with Gasteiger partial charge in [-0.25, -0.2) is 0 Å². The molecule has 112 valence electrons. The Bertz CT molecular complexity index is 526. The highest BCUT2D eigenvalue weighted by molar-refractivity contribution is 6.88. The second-order valence-corrected chi connectivity index (χ2v) is 11.8. The molecule has 1 N–H and O–H groups in total. The first-order chi connectivity index (χ1) is 10.1. The largest absolute Gasteiger partial charge is 0.313 e.